The van der Waals surface area contributed by atoms with E-state index in [1.807, 2.05) is 30.3 Å². The summed E-state index contributed by atoms with van der Waals surface area (Å²) < 4.78 is 5.06. The van der Waals surface area contributed by atoms with Gasteiger partial charge in [0, 0.05) is 18.8 Å². The summed E-state index contributed by atoms with van der Waals surface area (Å²) in [6, 6.07) is 13.0. The molecule has 0 aliphatic rings. The number of benzene rings is 1. The maximum Gasteiger partial charge on any atom is 0.342 e. The van der Waals surface area contributed by atoms with Gasteiger partial charge in [-0.05, 0) is 36.3 Å². The quantitative estimate of drug-likeness (QED) is 0.506. The smallest absolute Gasteiger partial charge is 0.342 e. The van der Waals surface area contributed by atoms with E-state index in [1.165, 1.54) is 6.08 Å². The number of hydrogen-bond acceptors (Lipinski definition) is 4. The van der Waals surface area contributed by atoms with Crippen LogP contribution in [0.25, 0.3) is 0 Å². The number of rotatable bonds is 6. The van der Waals surface area contributed by atoms with Gasteiger partial charge in [0.1, 0.15) is 6.10 Å². The van der Waals surface area contributed by atoms with Crippen LogP contribution in [-0.2, 0) is 16.0 Å². The van der Waals surface area contributed by atoms with Crippen molar-refractivity contribution in [1.29, 1.82) is 0 Å². The van der Waals surface area contributed by atoms with Gasteiger partial charge in [0.2, 0.25) is 0 Å². The lowest BCUT2D eigenvalue weighted by Crippen LogP contribution is -2.09. The van der Waals surface area contributed by atoms with Gasteiger partial charge in [0.25, 0.3) is 0 Å². The molecule has 1 atom stereocenters. The first-order valence-electron chi connectivity index (χ1n) is 7.45. The molecule has 0 saturated heterocycles. The molecular formula is C19H19NO3. The van der Waals surface area contributed by atoms with Gasteiger partial charge >= 0.3 is 5.97 Å². The average Bonchev–Trinajstić information content (AvgIpc) is 2.60. The highest BCUT2D eigenvalue weighted by atomic mass is 16.5. The van der Waals surface area contributed by atoms with E-state index in [2.05, 4.69) is 10.7 Å². The lowest BCUT2D eigenvalue weighted by Gasteiger charge is -2.06. The van der Waals surface area contributed by atoms with Crippen molar-refractivity contribution < 1.29 is 14.6 Å². The first kappa shape index (κ1) is 16.7. The molecule has 2 aromatic rings. The van der Waals surface area contributed by atoms with Crippen molar-refractivity contribution in [3.63, 3.8) is 0 Å². The molecule has 0 bridgehead atoms. The zero-order valence-electron chi connectivity index (χ0n) is 13.0. The van der Waals surface area contributed by atoms with E-state index < -0.39 is 12.1 Å². The van der Waals surface area contributed by atoms with Gasteiger partial charge in [-0.2, -0.15) is 0 Å². The van der Waals surface area contributed by atoms with Crippen molar-refractivity contribution in [2.75, 3.05) is 6.61 Å². The fourth-order valence-electron chi connectivity index (χ4n) is 2.04. The first-order valence-corrected chi connectivity index (χ1v) is 7.45. The summed E-state index contributed by atoms with van der Waals surface area (Å²) in [4.78, 5) is 16.0. The summed E-state index contributed by atoms with van der Waals surface area (Å²) in [6.07, 6.45) is 4.22. The zero-order chi connectivity index (χ0) is 16.5. The summed E-state index contributed by atoms with van der Waals surface area (Å²) in [5.41, 5.74) is 4.95. The number of aromatic nitrogens is 1. The number of aliphatic hydroxyl groups excluding tert-OH is 1. The lowest BCUT2D eigenvalue weighted by molar-refractivity contribution is -0.138. The Morgan fingerprint density at radius 3 is 2.61 bits per heavy atom. The standard InChI is InChI=1S/C19H19NO3/c1-2-23-19(22)17(14-15-6-4-3-5-7-15)8-9-18(21)16-10-12-20-13-11-16/h3-7,9-13,18,21H,2,14H2,1H3. The Morgan fingerprint density at radius 2 is 1.96 bits per heavy atom. The molecule has 0 saturated carbocycles. The van der Waals surface area contributed by atoms with Gasteiger partial charge < -0.3 is 9.84 Å². The molecule has 23 heavy (non-hydrogen) atoms. The van der Waals surface area contributed by atoms with E-state index >= 15 is 0 Å². The van der Waals surface area contributed by atoms with Crippen molar-refractivity contribution in [2.24, 2.45) is 0 Å². The van der Waals surface area contributed by atoms with E-state index in [0.717, 1.165) is 5.56 Å². The molecule has 0 aliphatic heterocycles. The van der Waals surface area contributed by atoms with E-state index in [-0.39, 0.29) is 0 Å². The Hall–Kier alpha value is -2.68. The van der Waals surface area contributed by atoms with Gasteiger partial charge in [-0.3, -0.25) is 4.98 Å². The Labute approximate surface area is 135 Å². The SMILES string of the molecule is CCOC(=O)C(=C=CC(O)c1ccncc1)Cc1ccccc1. The topological polar surface area (TPSA) is 59.4 Å². The van der Waals surface area contributed by atoms with Crippen LogP contribution >= 0.6 is 0 Å². The molecule has 0 aliphatic carbocycles. The van der Waals surface area contributed by atoms with Crippen LogP contribution < -0.4 is 0 Å². The minimum absolute atomic E-state index is 0.297. The third-order valence-electron chi connectivity index (χ3n) is 3.21. The molecule has 118 valence electrons. The molecule has 1 aromatic heterocycles. The number of nitrogens with zero attached hydrogens (tertiary/aromatic N) is 1. The van der Waals surface area contributed by atoms with Crippen molar-refractivity contribution in [1.82, 2.24) is 4.98 Å². The summed E-state index contributed by atoms with van der Waals surface area (Å²) in [7, 11) is 0. The van der Waals surface area contributed by atoms with Crippen LogP contribution in [0.1, 0.15) is 24.2 Å². The first-order chi connectivity index (χ1) is 11.2. The summed E-state index contributed by atoms with van der Waals surface area (Å²) in [6.45, 7) is 2.05. The Kier molecular flexibility index (Phi) is 6.30. The van der Waals surface area contributed by atoms with Crippen LogP contribution in [0, 0.1) is 0 Å². The highest BCUT2D eigenvalue weighted by Crippen LogP contribution is 2.14. The number of esters is 1. The van der Waals surface area contributed by atoms with Crippen LogP contribution in [0.2, 0.25) is 0 Å². The van der Waals surface area contributed by atoms with Crippen LogP contribution in [-0.4, -0.2) is 22.7 Å². The number of ether oxygens (including phenoxy) is 1. The highest BCUT2D eigenvalue weighted by Gasteiger charge is 2.11. The largest absolute Gasteiger partial charge is 0.462 e. The molecule has 0 radical (unpaired) electrons. The summed E-state index contributed by atoms with van der Waals surface area (Å²) >= 11 is 0. The second kappa shape index (κ2) is 8.69. The molecule has 1 heterocycles. The van der Waals surface area contributed by atoms with Gasteiger partial charge in [-0.1, -0.05) is 30.3 Å². The number of hydrogen-bond donors (Lipinski definition) is 1. The van der Waals surface area contributed by atoms with Crippen LogP contribution in [0.4, 0.5) is 0 Å². The second-order valence-corrected chi connectivity index (χ2v) is 4.90. The van der Waals surface area contributed by atoms with Gasteiger partial charge in [0.05, 0.1) is 12.2 Å². The summed E-state index contributed by atoms with van der Waals surface area (Å²) in [5.74, 6) is -0.422. The molecule has 4 nitrogen and oxygen atoms in total. The number of carbonyl (C=O) groups is 1. The fourth-order valence-corrected chi connectivity index (χ4v) is 2.04. The predicted molar refractivity (Wildman–Crippen MR) is 87.6 cm³/mol. The maximum atomic E-state index is 12.1. The van der Waals surface area contributed by atoms with Gasteiger partial charge in [0.15, 0.2) is 0 Å². The number of carbonyl (C=O) groups excluding carboxylic acids is 1. The molecule has 0 amide bonds. The van der Waals surface area contributed by atoms with Crippen molar-refractivity contribution in [3.05, 3.63) is 83.4 Å². The number of pyridine rings is 1. The number of aliphatic hydroxyl groups is 1. The van der Waals surface area contributed by atoms with Crippen LogP contribution in [0.5, 0.6) is 0 Å². The van der Waals surface area contributed by atoms with Crippen molar-refractivity contribution >= 4 is 5.97 Å². The molecule has 1 aromatic carbocycles. The second-order valence-electron chi connectivity index (χ2n) is 4.90. The monoisotopic (exact) mass is 309 g/mol. The Morgan fingerprint density at radius 1 is 1.26 bits per heavy atom. The van der Waals surface area contributed by atoms with Gasteiger partial charge in [-0.25, -0.2) is 4.79 Å². The van der Waals surface area contributed by atoms with E-state index in [1.54, 1.807) is 31.5 Å². The minimum atomic E-state index is -0.849. The molecule has 0 fully saturated rings. The Bertz CT molecular complexity index is 689. The normalized spacial score (nSPS) is 11.2. The van der Waals surface area contributed by atoms with Gasteiger partial charge in [-0.15, -0.1) is 5.73 Å². The van der Waals surface area contributed by atoms with E-state index in [9.17, 15) is 9.90 Å². The fraction of sp³-hybridized carbons (Fsp3) is 0.211. The molecule has 1 unspecified atom stereocenters. The van der Waals surface area contributed by atoms with Crippen molar-refractivity contribution in [2.45, 2.75) is 19.4 Å². The average molecular weight is 309 g/mol. The molecule has 4 heteroatoms. The van der Waals surface area contributed by atoms with E-state index in [4.69, 9.17) is 4.74 Å². The van der Waals surface area contributed by atoms with E-state index in [0.29, 0.717) is 24.2 Å². The van der Waals surface area contributed by atoms with Crippen molar-refractivity contribution in [3.8, 4) is 0 Å². The van der Waals surface area contributed by atoms with Crippen LogP contribution in [0.3, 0.4) is 0 Å². The zero-order valence-corrected chi connectivity index (χ0v) is 13.0. The molecular weight excluding hydrogens is 290 g/mol. The highest BCUT2D eigenvalue weighted by molar-refractivity contribution is 5.88. The third-order valence-corrected chi connectivity index (χ3v) is 3.21. The molecule has 1 N–H and O–H groups in total. The lowest BCUT2D eigenvalue weighted by atomic mass is 10.1. The predicted octanol–water partition coefficient (Wildman–Crippen LogP) is 3.00. The maximum absolute atomic E-state index is 12.1. The minimum Gasteiger partial charge on any atom is -0.462 e. The molecule has 2 rings (SSSR count). The molecule has 0 spiro atoms. The third kappa shape index (κ3) is 5.22. The summed E-state index contributed by atoms with van der Waals surface area (Å²) in [5, 5.41) is 10.1. The Balaban J connectivity index is 2.25. The van der Waals surface area contributed by atoms with Crippen LogP contribution in [0.15, 0.2) is 72.2 Å².